The summed E-state index contributed by atoms with van der Waals surface area (Å²) in [6.45, 7) is 0. The van der Waals surface area contributed by atoms with Crippen molar-refractivity contribution in [2.24, 2.45) is 7.05 Å². The Bertz CT molecular complexity index is 1340. The molecule has 37 heavy (non-hydrogen) atoms. The molecule has 0 bridgehead atoms. The predicted octanol–water partition coefficient (Wildman–Crippen LogP) is 6.06. The number of aromatic nitrogens is 1. The molecule has 180 valence electrons. The lowest BCUT2D eigenvalue weighted by molar-refractivity contribution is -0.673. The molecule has 0 amide bonds. The van der Waals surface area contributed by atoms with E-state index in [-0.39, 0.29) is 0 Å². The van der Waals surface area contributed by atoms with E-state index < -0.39 is 7.32 Å². The smallest absolute Gasteiger partial charge is 0.490 e. The van der Waals surface area contributed by atoms with Crippen LogP contribution in [0.25, 0.3) is 11.1 Å². The zero-order chi connectivity index (χ0) is 25.7. The molecule has 0 unspecified atom stereocenters. The third-order valence-corrected chi connectivity index (χ3v) is 5.24. The number of hydrogen-bond donors (Lipinski definition) is 0. The molecule has 0 saturated heterocycles. The van der Waals surface area contributed by atoms with Crippen molar-refractivity contribution in [1.29, 1.82) is 5.26 Å². The quantitative estimate of drug-likeness (QED) is 0.160. The molecule has 5 nitrogen and oxygen atoms in total. The Morgan fingerprint density at radius 1 is 0.649 bits per heavy atom. The van der Waals surface area contributed by atoms with Crippen LogP contribution >= 0.6 is 0 Å². The Morgan fingerprint density at radius 3 is 1.62 bits per heavy atom. The SMILES string of the molecule is C[n+]1cccc(-c2ccc(OB(Oc3ccccc3)Oc3ccccc3)cc2)c1C#N.[c-]1ccccc1. The van der Waals surface area contributed by atoms with Crippen LogP contribution in [0, 0.1) is 17.4 Å². The highest BCUT2D eigenvalue weighted by atomic mass is 16.7. The van der Waals surface area contributed by atoms with Crippen molar-refractivity contribution in [3.63, 3.8) is 0 Å². The number of nitrogens with zero attached hydrogens (tertiary/aromatic N) is 2. The van der Waals surface area contributed by atoms with E-state index in [1.165, 1.54) is 0 Å². The summed E-state index contributed by atoms with van der Waals surface area (Å²) in [6, 6.07) is 44.8. The van der Waals surface area contributed by atoms with Crippen LogP contribution in [0.4, 0.5) is 0 Å². The molecule has 1 heterocycles. The highest BCUT2D eigenvalue weighted by molar-refractivity contribution is 6.39. The molecule has 0 saturated carbocycles. The predicted molar refractivity (Wildman–Crippen MR) is 144 cm³/mol. The van der Waals surface area contributed by atoms with Crippen LogP contribution in [-0.4, -0.2) is 7.32 Å². The third kappa shape index (κ3) is 7.48. The lowest BCUT2D eigenvalue weighted by atomic mass is 10.0. The van der Waals surface area contributed by atoms with Gasteiger partial charge in [-0.15, -0.1) is 0 Å². The van der Waals surface area contributed by atoms with Gasteiger partial charge in [0, 0.05) is 6.07 Å². The van der Waals surface area contributed by atoms with Gasteiger partial charge in [0.15, 0.2) is 12.3 Å². The number of aryl methyl sites for hydroxylation is 1. The molecule has 0 aliphatic carbocycles. The fourth-order valence-corrected chi connectivity index (χ4v) is 3.44. The van der Waals surface area contributed by atoms with Gasteiger partial charge in [-0.25, -0.2) is 0 Å². The van der Waals surface area contributed by atoms with E-state index in [4.69, 9.17) is 14.0 Å². The number of benzene rings is 4. The summed E-state index contributed by atoms with van der Waals surface area (Å²) in [7, 11) is 0.881. The van der Waals surface area contributed by atoms with Crippen molar-refractivity contribution in [1.82, 2.24) is 0 Å². The first-order chi connectivity index (χ1) is 18.2. The van der Waals surface area contributed by atoms with E-state index in [2.05, 4.69) is 12.1 Å². The molecular formula is C31H25BN2O3. The largest absolute Gasteiger partial charge is 0.864 e. The Labute approximate surface area is 217 Å². The molecule has 0 atom stereocenters. The Balaban J connectivity index is 0.000000469. The molecule has 0 aliphatic rings. The van der Waals surface area contributed by atoms with E-state index in [1.54, 1.807) is 4.57 Å². The minimum absolute atomic E-state index is 0.583. The van der Waals surface area contributed by atoms with Gasteiger partial charge in [-0.1, -0.05) is 48.5 Å². The zero-order valence-corrected chi connectivity index (χ0v) is 20.4. The topological polar surface area (TPSA) is 55.4 Å². The monoisotopic (exact) mass is 484 g/mol. The molecule has 0 spiro atoms. The first-order valence-corrected chi connectivity index (χ1v) is 11.7. The standard InChI is InChI=1S/C25H20BN2O3.C6H5/c1-28-18-8-13-24(25(28)19-27)20-14-16-23(17-15-20)31-26(29-21-9-4-2-5-10-21)30-22-11-6-3-7-12-22;1-2-4-6-5-3-1/h2-18H,1H3;1-5H/q+1;-1. The first kappa shape index (κ1) is 25.1. The van der Waals surface area contributed by atoms with Gasteiger partial charge < -0.3 is 14.0 Å². The number of para-hydroxylation sites is 2. The van der Waals surface area contributed by atoms with Crippen LogP contribution < -0.4 is 18.5 Å². The van der Waals surface area contributed by atoms with E-state index in [1.807, 2.05) is 141 Å². The van der Waals surface area contributed by atoms with Crippen LogP contribution in [0.3, 0.4) is 0 Å². The first-order valence-electron chi connectivity index (χ1n) is 11.7. The molecule has 0 aliphatic heterocycles. The van der Waals surface area contributed by atoms with E-state index >= 15 is 0 Å². The molecular weight excluding hydrogens is 459 g/mol. The summed E-state index contributed by atoms with van der Waals surface area (Å²) in [5.74, 6) is 1.85. The summed E-state index contributed by atoms with van der Waals surface area (Å²) >= 11 is 0. The van der Waals surface area contributed by atoms with Crippen LogP contribution in [0.1, 0.15) is 5.69 Å². The Kier molecular flexibility index (Phi) is 8.93. The highest BCUT2D eigenvalue weighted by Crippen LogP contribution is 2.25. The van der Waals surface area contributed by atoms with Crippen molar-refractivity contribution in [2.75, 3.05) is 0 Å². The van der Waals surface area contributed by atoms with Crippen LogP contribution in [-0.2, 0) is 7.05 Å². The van der Waals surface area contributed by atoms with Crippen LogP contribution in [0.5, 0.6) is 17.2 Å². The molecule has 0 radical (unpaired) electrons. The number of nitriles is 1. The average Bonchev–Trinajstić information content (AvgIpc) is 2.96. The van der Waals surface area contributed by atoms with Gasteiger partial charge >= 0.3 is 7.32 Å². The molecule has 0 N–H and O–H groups in total. The summed E-state index contributed by atoms with van der Waals surface area (Å²) in [5, 5.41) is 9.49. The maximum atomic E-state index is 9.49. The molecule has 1 aromatic heterocycles. The van der Waals surface area contributed by atoms with Crippen molar-refractivity contribution in [3.8, 4) is 34.4 Å². The van der Waals surface area contributed by atoms with E-state index in [0.717, 1.165) is 11.1 Å². The van der Waals surface area contributed by atoms with Crippen molar-refractivity contribution < 1.29 is 18.5 Å². The normalized spacial score (nSPS) is 9.73. The van der Waals surface area contributed by atoms with Gasteiger partial charge in [-0.2, -0.15) is 46.2 Å². The number of rotatable bonds is 7. The van der Waals surface area contributed by atoms with E-state index in [9.17, 15) is 5.26 Å². The summed E-state index contributed by atoms with van der Waals surface area (Å²) in [5.41, 5.74) is 2.37. The molecule has 5 rings (SSSR count). The minimum Gasteiger partial charge on any atom is -0.490 e. The lowest BCUT2D eigenvalue weighted by Gasteiger charge is -2.16. The minimum atomic E-state index is -0.972. The molecule has 5 aromatic rings. The maximum Gasteiger partial charge on any atom is 0.864 e. The maximum absolute atomic E-state index is 9.49. The van der Waals surface area contributed by atoms with Gasteiger partial charge in [0.05, 0.1) is 5.56 Å². The van der Waals surface area contributed by atoms with Gasteiger partial charge in [-0.3, -0.25) is 0 Å². The molecule has 4 aromatic carbocycles. The van der Waals surface area contributed by atoms with E-state index in [0.29, 0.717) is 22.9 Å². The summed E-state index contributed by atoms with van der Waals surface area (Å²) in [4.78, 5) is 0. The molecule has 6 heteroatoms. The van der Waals surface area contributed by atoms with Gasteiger partial charge in [-0.05, 0) is 48.0 Å². The second kappa shape index (κ2) is 13.2. The fraction of sp³-hybridized carbons (Fsp3) is 0.0323. The Hall–Kier alpha value is -5.02. The van der Waals surface area contributed by atoms with Gasteiger partial charge in [0.25, 0.3) is 5.69 Å². The number of hydrogen-bond acceptors (Lipinski definition) is 4. The van der Waals surface area contributed by atoms with Crippen molar-refractivity contribution >= 4 is 7.32 Å². The lowest BCUT2D eigenvalue weighted by Crippen LogP contribution is -2.36. The van der Waals surface area contributed by atoms with Crippen LogP contribution in [0.2, 0.25) is 0 Å². The fourth-order valence-electron chi connectivity index (χ4n) is 3.44. The molecule has 0 fully saturated rings. The summed E-state index contributed by atoms with van der Waals surface area (Å²) < 4.78 is 19.6. The van der Waals surface area contributed by atoms with Gasteiger partial charge in [0.1, 0.15) is 24.3 Å². The third-order valence-electron chi connectivity index (χ3n) is 5.24. The second-order valence-corrected chi connectivity index (χ2v) is 7.86. The highest BCUT2D eigenvalue weighted by Gasteiger charge is 2.30. The van der Waals surface area contributed by atoms with Gasteiger partial charge in [0.2, 0.25) is 0 Å². The number of pyridine rings is 1. The average molecular weight is 484 g/mol. The van der Waals surface area contributed by atoms with Crippen molar-refractivity contribution in [3.05, 3.63) is 145 Å². The Morgan fingerprint density at radius 2 is 1.16 bits per heavy atom. The van der Waals surface area contributed by atoms with Crippen molar-refractivity contribution in [2.45, 2.75) is 0 Å². The summed E-state index contributed by atoms with van der Waals surface area (Å²) in [6.07, 6.45) is 1.85. The van der Waals surface area contributed by atoms with Crippen LogP contribution in [0.15, 0.2) is 134 Å². The zero-order valence-electron chi connectivity index (χ0n) is 20.4. The second-order valence-electron chi connectivity index (χ2n) is 7.86.